The van der Waals surface area contributed by atoms with E-state index in [9.17, 15) is 9.59 Å². The predicted molar refractivity (Wildman–Crippen MR) is 66.7 cm³/mol. The van der Waals surface area contributed by atoms with E-state index < -0.39 is 5.97 Å². The van der Waals surface area contributed by atoms with Crippen molar-refractivity contribution in [3.8, 4) is 0 Å². The van der Waals surface area contributed by atoms with Gasteiger partial charge >= 0.3 is 5.97 Å². The number of carboxylic acids is 1. The Bertz CT molecular complexity index is 471. The van der Waals surface area contributed by atoms with Gasteiger partial charge in [-0.05, 0) is 26.3 Å². The van der Waals surface area contributed by atoms with Gasteiger partial charge in [0.1, 0.15) is 0 Å². The molecule has 1 unspecified atom stereocenters. The molecule has 19 heavy (non-hydrogen) atoms. The molecule has 0 aromatic carbocycles. The predicted octanol–water partition coefficient (Wildman–Crippen LogP) is 0.861. The zero-order valence-electron chi connectivity index (χ0n) is 10.8. The molecular formula is C12H17N3O4. The molecule has 1 fully saturated rings. The number of likely N-dealkylation sites (tertiary alicyclic amines) is 1. The molecule has 0 spiro atoms. The van der Waals surface area contributed by atoms with Crippen molar-refractivity contribution in [2.75, 3.05) is 18.4 Å². The quantitative estimate of drug-likeness (QED) is 0.821. The van der Waals surface area contributed by atoms with Gasteiger partial charge in [0.15, 0.2) is 0 Å². The number of carbonyl (C=O) groups is 2. The van der Waals surface area contributed by atoms with Crippen LogP contribution >= 0.6 is 0 Å². The van der Waals surface area contributed by atoms with Crippen LogP contribution in [-0.4, -0.2) is 46.2 Å². The highest BCUT2D eigenvalue weighted by Gasteiger charge is 2.28. The maximum Gasteiger partial charge on any atom is 0.304 e. The van der Waals surface area contributed by atoms with Gasteiger partial charge in [-0.25, -0.2) is 0 Å². The highest BCUT2D eigenvalue weighted by molar-refractivity contribution is 5.91. The number of anilines is 1. The first-order chi connectivity index (χ1) is 9.04. The first-order valence-electron chi connectivity index (χ1n) is 6.23. The van der Waals surface area contributed by atoms with E-state index in [1.54, 1.807) is 13.0 Å². The Labute approximate surface area is 110 Å². The number of nitrogens with zero attached hydrogens (tertiary/aromatic N) is 2. The minimum Gasteiger partial charge on any atom is -0.481 e. The molecule has 1 aromatic heterocycles. The molecule has 1 aromatic rings. The second-order valence-corrected chi connectivity index (χ2v) is 4.75. The van der Waals surface area contributed by atoms with Gasteiger partial charge in [-0.1, -0.05) is 5.16 Å². The van der Waals surface area contributed by atoms with Crippen molar-refractivity contribution < 1.29 is 19.2 Å². The lowest BCUT2D eigenvalue weighted by atomic mass is 10.1. The molecule has 2 rings (SSSR count). The highest BCUT2D eigenvalue weighted by atomic mass is 16.5. The average Bonchev–Trinajstić information content (AvgIpc) is 2.88. The molecule has 104 valence electrons. The zero-order valence-corrected chi connectivity index (χ0v) is 10.8. The van der Waals surface area contributed by atoms with Crippen LogP contribution in [0.2, 0.25) is 0 Å². The summed E-state index contributed by atoms with van der Waals surface area (Å²) >= 11 is 0. The van der Waals surface area contributed by atoms with E-state index in [1.165, 1.54) is 0 Å². The summed E-state index contributed by atoms with van der Waals surface area (Å²) in [5.74, 6) is -0.729. The van der Waals surface area contributed by atoms with Crippen LogP contribution in [0.15, 0.2) is 10.6 Å². The SMILES string of the molecule is Cc1cc(NC(=O)CN2CCCC2CC(=O)O)on1. The molecule has 2 heterocycles. The lowest BCUT2D eigenvalue weighted by Crippen LogP contribution is -2.37. The third-order valence-electron chi connectivity index (χ3n) is 3.15. The largest absolute Gasteiger partial charge is 0.481 e. The van der Waals surface area contributed by atoms with Crippen molar-refractivity contribution in [1.29, 1.82) is 0 Å². The Hall–Kier alpha value is -1.89. The molecule has 2 N–H and O–H groups in total. The Morgan fingerprint density at radius 2 is 2.42 bits per heavy atom. The van der Waals surface area contributed by atoms with Gasteiger partial charge < -0.3 is 9.63 Å². The fraction of sp³-hybridized carbons (Fsp3) is 0.583. The molecule has 0 bridgehead atoms. The lowest BCUT2D eigenvalue weighted by Gasteiger charge is -2.21. The van der Waals surface area contributed by atoms with Crippen LogP contribution in [0.1, 0.15) is 25.0 Å². The minimum absolute atomic E-state index is 0.0558. The van der Waals surface area contributed by atoms with E-state index in [-0.39, 0.29) is 24.9 Å². The Balaban J connectivity index is 1.85. The van der Waals surface area contributed by atoms with E-state index in [4.69, 9.17) is 9.63 Å². The molecule has 1 aliphatic rings. The summed E-state index contributed by atoms with van der Waals surface area (Å²) < 4.78 is 4.90. The summed E-state index contributed by atoms with van der Waals surface area (Å²) in [5.41, 5.74) is 0.695. The monoisotopic (exact) mass is 267 g/mol. The van der Waals surface area contributed by atoms with Crippen LogP contribution < -0.4 is 5.32 Å². The molecule has 1 saturated heterocycles. The van der Waals surface area contributed by atoms with Crippen molar-refractivity contribution in [2.45, 2.75) is 32.2 Å². The molecule has 1 amide bonds. The van der Waals surface area contributed by atoms with E-state index in [0.717, 1.165) is 19.4 Å². The van der Waals surface area contributed by atoms with Crippen LogP contribution in [0.5, 0.6) is 0 Å². The molecule has 0 saturated carbocycles. The van der Waals surface area contributed by atoms with Gasteiger partial charge in [0.25, 0.3) is 0 Å². The fourth-order valence-electron chi connectivity index (χ4n) is 2.32. The number of aliphatic carboxylic acids is 1. The van der Waals surface area contributed by atoms with Crippen molar-refractivity contribution in [2.24, 2.45) is 0 Å². The molecule has 1 atom stereocenters. The van der Waals surface area contributed by atoms with E-state index in [2.05, 4.69) is 10.5 Å². The number of aromatic nitrogens is 1. The van der Waals surface area contributed by atoms with Crippen molar-refractivity contribution in [3.05, 3.63) is 11.8 Å². The summed E-state index contributed by atoms with van der Waals surface area (Å²) in [6.45, 7) is 2.70. The number of hydrogen-bond acceptors (Lipinski definition) is 5. The number of hydrogen-bond donors (Lipinski definition) is 2. The van der Waals surface area contributed by atoms with Crippen molar-refractivity contribution in [1.82, 2.24) is 10.1 Å². The second kappa shape index (κ2) is 5.83. The number of nitrogens with one attached hydrogen (secondary N) is 1. The van der Waals surface area contributed by atoms with E-state index in [0.29, 0.717) is 11.6 Å². The highest BCUT2D eigenvalue weighted by Crippen LogP contribution is 2.20. The fourth-order valence-corrected chi connectivity index (χ4v) is 2.32. The maximum atomic E-state index is 11.8. The second-order valence-electron chi connectivity index (χ2n) is 4.75. The summed E-state index contributed by atoms with van der Waals surface area (Å²) in [6.07, 6.45) is 1.82. The smallest absolute Gasteiger partial charge is 0.304 e. The zero-order chi connectivity index (χ0) is 13.8. The van der Waals surface area contributed by atoms with Crippen LogP contribution in [0, 0.1) is 6.92 Å². The standard InChI is InChI=1S/C12H17N3O4/c1-8-5-11(19-14-8)13-10(16)7-15-4-2-3-9(15)6-12(17)18/h5,9H,2-4,6-7H2,1H3,(H,13,16)(H,17,18). The van der Waals surface area contributed by atoms with Gasteiger partial charge in [-0.15, -0.1) is 0 Å². The third kappa shape index (κ3) is 3.78. The van der Waals surface area contributed by atoms with Gasteiger partial charge in [0.05, 0.1) is 18.7 Å². The third-order valence-corrected chi connectivity index (χ3v) is 3.15. The molecule has 0 radical (unpaired) electrons. The van der Waals surface area contributed by atoms with Crippen LogP contribution in [0.3, 0.4) is 0 Å². The van der Waals surface area contributed by atoms with Gasteiger partial charge in [-0.2, -0.15) is 0 Å². The first kappa shape index (κ1) is 13.5. The van der Waals surface area contributed by atoms with Gasteiger partial charge in [0, 0.05) is 12.1 Å². The molecule has 7 nitrogen and oxygen atoms in total. The molecule has 0 aliphatic carbocycles. The maximum absolute atomic E-state index is 11.8. The number of carbonyl (C=O) groups excluding carboxylic acids is 1. The minimum atomic E-state index is -0.830. The van der Waals surface area contributed by atoms with E-state index >= 15 is 0 Å². The Morgan fingerprint density at radius 1 is 1.63 bits per heavy atom. The van der Waals surface area contributed by atoms with Crippen molar-refractivity contribution >= 4 is 17.8 Å². The van der Waals surface area contributed by atoms with E-state index in [1.807, 2.05) is 4.90 Å². The lowest BCUT2D eigenvalue weighted by molar-refractivity contribution is -0.138. The van der Waals surface area contributed by atoms with Crippen LogP contribution in [-0.2, 0) is 9.59 Å². The van der Waals surface area contributed by atoms with Crippen molar-refractivity contribution in [3.63, 3.8) is 0 Å². The summed E-state index contributed by atoms with van der Waals surface area (Å²) in [6, 6.07) is 1.58. The Kier molecular flexibility index (Phi) is 4.16. The number of aryl methyl sites for hydroxylation is 1. The topological polar surface area (TPSA) is 95.7 Å². The molecular weight excluding hydrogens is 250 g/mol. The normalized spacial score (nSPS) is 19.5. The first-order valence-corrected chi connectivity index (χ1v) is 6.23. The van der Waals surface area contributed by atoms with Gasteiger partial charge in [-0.3, -0.25) is 19.8 Å². The number of carboxylic acid groups (broad SMARTS) is 1. The number of rotatable bonds is 5. The van der Waals surface area contributed by atoms with Crippen LogP contribution in [0.4, 0.5) is 5.88 Å². The molecule has 1 aliphatic heterocycles. The van der Waals surface area contributed by atoms with Crippen LogP contribution in [0.25, 0.3) is 0 Å². The van der Waals surface area contributed by atoms with Gasteiger partial charge in [0.2, 0.25) is 11.8 Å². The number of amides is 1. The average molecular weight is 267 g/mol. The Morgan fingerprint density at radius 3 is 3.05 bits per heavy atom. The summed E-state index contributed by atoms with van der Waals surface area (Å²) in [4.78, 5) is 24.4. The summed E-state index contributed by atoms with van der Waals surface area (Å²) in [5, 5.41) is 15.1. The molecule has 7 heteroatoms. The summed E-state index contributed by atoms with van der Waals surface area (Å²) in [7, 11) is 0.